The third-order valence-corrected chi connectivity index (χ3v) is 5.98. The summed E-state index contributed by atoms with van der Waals surface area (Å²) in [7, 11) is 0. The van der Waals surface area contributed by atoms with Crippen LogP contribution in [0.4, 0.5) is 0 Å². The molecule has 5 nitrogen and oxygen atoms in total. The van der Waals surface area contributed by atoms with Gasteiger partial charge in [-0.1, -0.05) is 6.07 Å². The number of aromatic nitrogens is 1. The van der Waals surface area contributed by atoms with Gasteiger partial charge in [-0.05, 0) is 36.6 Å². The minimum Gasteiger partial charge on any atom is -0.440 e. The van der Waals surface area contributed by atoms with E-state index in [2.05, 4.69) is 10.3 Å². The predicted molar refractivity (Wildman–Crippen MR) is 89.4 cm³/mol. The van der Waals surface area contributed by atoms with E-state index in [-0.39, 0.29) is 5.91 Å². The van der Waals surface area contributed by atoms with E-state index in [1.807, 2.05) is 29.3 Å². The van der Waals surface area contributed by atoms with Gasteiger partial charge in [0.15, 0.2) is 0 Å². The molecule has 4 rings (SSSR count). The lowest BCUT2D eigenvalue weighted by molar-refractivity contribution is -0.133. The molecule has 2 aliphatic rings. The Bertz CT molecular complexity index is 694. The Morgan fingerprint density at radius 1 is 1.43 bits per heavy atom. The first kappa shape index (κ1) is 14.9. The quantitative estimate of drug-likeness (QED) is 0.939. The summed E-state index contributed by atoms with van der Waals surface area (Å²) in [4.78, 5) is 20.1. The molecule has 0 aliphatic carbocycles. The molecule has 2 aromatic heterocycles. The van der Waals surface area contributed by atoms with Gasteiger partial charge in [-0.15, -0.1) is 11.3 Å². The number of nitrogens with zero attached hydrogens (tertiary/aromatic N) is 2. The number of carbonyl (C=O) groups excluding carboxylic acids is 1. The highest BCUT2D eigenvalue weighted by molar-refractivity contribution is 7.13. The van der Waals surface area contributed by atoms with E-state index in [0.717, 1.165) is 55.4 Å². The molecule has 2 fully saturated rings. The average molecular weight is 331 g/mol. The summed E-state index contributed by atoms with van der Waals surface area (Å²) in [6.45, 7) is 5.85. The van der Waals surface area contributed by atoms with Crippen molar-refractivity contribution >= 4 is 17.2 Å². The summed E-state index contributed by atoms with van der Waals surface area (Å²) in [5.74, 6) is 1.54. The second kappa shape index (κ2) is 5.76. The van der Waals surface area contributed by atoms with E-state index >= 15 is 0 Å². The van der Waals surface area contributed by atoms with Crippen molar-refractivity contribution in [2.24, 2.45) is 5.41 Å². The molecule has 122 valence electrons. The van der Waals surface area contributed by atoms with Gasteiger partial charge < -0.3 is 14.6 Å². The Labute approximate surface area is 139 Å². The van der Waals surface area contributed by atoms with Gasteiger partial charge in [0.2, 0.25) is 11.8 Å². The van der Waals surface area contributed by atoms with Crippen LogP contribution in [0.25, 0.3) is 10.8 Å². The molecule has 1 amide bonds. The zero-order chi connectivity index (χ0) is 15.9. The van der Waals surface area contributed by atoms with Crippen LogP contribution in [0.15, 0.2) is 21.9 Å². The number of likely N-dealkylation sites (tertiary alicyclic amines) is 1. The van der Waals surface area contributed by atoms with Crippen LogP contribution in [0.1, 0.15) is 24.3 Å². The first-order chi connectivity index (χ1) is 11.2. The normalized spacial score (nSPS) is 19.8. The van der Waals surface area contributed by atoms with Gasteiger partial charge in [0.1, 0.15) is 5.76 Å². The Hall–Kier alpha value is -1.66. The molecule has 2 aromatic rings. The van der Waals surface area contributed by atoms with Crippen LogP contribution in [0.5, 0.6) is 0 Å². The molecule has 6 heteroatoms. The van der Waals surface area contributed by atoms with E-state index in [4.69, 9.17) is 4.42 Å². The minimum absolute atomic E-state index is 0.168. The van der Waals surface area contributed by atoms with E-state index in [9.17, 15) is 4.79 Å². The van der Waals surface area contributed by atoms with Crippen LogP contribution in [-0.2, 0) is 11.2 Å². The number of piperidine rings is 1. The van der Waals surface area contributed by atoms with Crippen LogP contribution in [-0.4, -0.2) is 42.0 Å². The molecule has 0 atom stereocenters. The summed E-state index contributed by atoms with van der Waals surface area (Å²) in [6.07, 6.45) is 2.57. The molecular weight excluding hydrogens is 310 g/mol. The molecule has 0 aromatic carbocycles. The van der Waals surface area contributed by atoms with Gasteiger partial charge in [-0.2, -0.15) is 0 Å². The number of thiophene rings is 1. The van der Waals surface area contributed by atoms with Gasteiger partial charge in [0.05, 0.1) is 17.0 Å². The van der Waals surface area contributed by atoms with Crippen molar-refractivity contribution in [1.29, 1.82) is 0 Å². The average Bonchev–Trinajstić information content (AvgIpc) is 3.16. The molecule has 1 spiro atoms. The maximum atomic E-state index is 12.6. The summed E-state index contributed by atoms with van der Waals surface area (Å²) < 4.78 is 5.73. The number of amides is 1. The highest BCUT2D eigenvalue weighted by atomic mass is 32.1. The summed E-state index contributed by atoms with van der Waals surface area (Å²) in [6, 6.07) is 3.96. The van der Waals surface area contributed by atoms with E-state index in [1.165, 1.54) is 0 Å². The number of hydrogen-bond acceptors (Lipinski definition) is 5. The highest BCUT2D eigenvalue weighted by Gasteiger charge is 2.40. The fourth-order valence-electron chi connectivity index (χ4n) is 3.42. The topological polar surface area (TPSA) is 58.4 Å². The van der Waals surface area contributed by atoms with Crippen molar-refractivity contribution in [3.63, 3.8) is 0 Å². The zero-order valence-corrected chi connectivity index (χ0v) is 14.1. The van der Waals surface area contributed by atoms with E-state index < -0.39 is 0 Å². The molecule has 0 bridgehead atoms. The third-order valence-electron chi connectivity index (χ3n) is 5.12. The van der Waals surface area contributed by atoms with E-state index in [0.29, 0.717) is 17.7 Å². The molecule has 0 saturated carbocycles. The lowest BCUT2D eigenvalue weighted by atomic mass is 9.73. The Balaban J connectivity index is 1.41. The zero-order valence-electron chi connectivity index (χ0n) is 13.3. The van der Waals surface area contributed by atoms with Gasteiger partial charge in [0, 0.05) is 26.2 Å². The second-order valence-electron chi connectivity index (χ2n) is 6.66. The maximum absolute atomic E-state index is 12.6. The van der Waals surface area contributed by atoms with Gasteiger partial charge in [-0.25, -0.2) is 4.98 Å². The lowest BCUT2D eigenvalue weighted by Crippen LogP contribution is -2.58. The van der Waals surface area contributed by atoms with Crippen LogP contribution in [0.3, 0.4) is 0 Å². The van der Waals surface area contributed by atoms with Gasteiger partial charge >= 0.3 is 0 Å². The van der Waals surface area contributed by atoms with E-state index in [1.54, 1.807) is 11.3 Å². The molecule has 0 unspecified atom stereocenters. The number of oxazole rings is 1. The fraction of sp³-hybridized carbons (Fsp3) is 0.529. The molecule has 2 aliphatic heterocycles. The van der Waals surface area contributed by atoms with Crippen molar-refractivity contribution in [1.82, 2.24) is 15.2 Å². The SMILES string of the molecule is Cc1oc(-c2cccs2)nc1CC(=O)N1CCC2(CC1)CNC2. The van der Waals surface area contributed by atoms with Crippen LogP contribution >= 0.6 is 11.3 Å². The smallest absolute Gasteiger partial charge is 0.236 e. The molecule has 23 heavy (non-hydrogen) atoms. The highest BCUT2D eigenvalue weighted by Crippen LogP contribution is 2.35. The van der Waals surface area contributed by atoms with Gasteiger partial charge in [0.25, 0.3) is 0 Å². The second-order valence-corrected chi connectivity index (χ2v) is 7.61. The maximum Gasteiger partial charge on any atom is 0.236 e. The summed E-state index contributed by atoms with van der Waals surface area (Å²) in [5.41, 5.74) is 1.23. The van der Waals surface area contributed by atoms with Crippen LogP contribution in [0, 0.1) is 12.3 Å². The van der Waals surface area contributed by atoms with Gasteiger partial charge in [-0.3, -0.25) is 4.79 Å². The minimum atomic E-state index is 0.168. The van der Waals surface area contributed by atoms with Crippen molar-refractivity contribution in [3.05, 3.63) is 29.0 Å². The predicted octanol–water partition coefficient (Wildman–Crippen LogP) is 2.47. The summed E-state index contributed by atoms with van der Waals surface area (Å²) in [5, 5.41) is 5.35. The van der Waals surface area contributed by atoms with Crippen LogP contribution in [0.2, 0.25) is 0 Å². The van der Waals surface area contributed by atoms with Crippen molar-refractivity contribution in [2.45, 2.75) is 26.2 Å². The largest absolute Gasteiger partial charge is 0.440 e. The first-order valence-electron chi connectivity index (χ1n) is 8.14. The van der Waals surface area contributed by atoms with Crippen molar-refractivity contribution in [3.8, 4) is 10.8 Å². The Kier molecular flexibility index (Phi) is 3.73. The standard InChI is InChI=1S/C17H21N3O2S/c1-12-13(19-16(22-12)14-3-2-8-23-14)9-15(21)20-6-4-17(5-7-20)10-18-11-17/h2-3,8,18H,4-7,9-11H2,1H3. The van der Waals surface area contributed by atoms with Crippen molar-refractivity contribution in [2.75, 3.05) is 26.2 Å². The summed E-state index contributed by atoms with van der Waals surface area (Å²) >= 11 is 1.60. The Morgan fingerprint density at radius 2 is 2.22 bits per heavy atom. The number of carbonyl (C=O) groups is 1. The molecule has 1 N–H and O–H groups in total. The molecule has 2 saturated heterocycles. The Morgan fingerprint density at radius 3 is 2.83 bits per heavy atom. The number of nitrogens with one attached hydrogen (secondary N) is 1. The lowest BCUT2D eigenvalue weighted by Gasteiger charge is -2.48. The monoisotopic (exact) mass is 331 g/mol. The number of hydrogen-bond donors (Lipinski definition) is 1. The molecule has 0 radical (unpaired) electrons. The van der Waals surface area contributed by atoms with Crippen LogP contribution < -0.4 is 5.32 Å². The third kappa shape index (κ3) is 2.81. The first-order valence-corrected chi connectivity index (χ1v) is 9.02. The number of rotatable bonds is 3. The van der Waals surface area contributed by atoms with Crippen molar-refractivity contribution < 1.29 is 9.21 Å². The molecule has 4 heterocycles. The molecular formula is C17H21N3O2S. The fourth-order valence-corrected chi connectivity index (χ4v) is 4.06. The number of aryl methyl sites for hydroxylation is 1.